The molecule has 0 aromatic heterocycles. The summed E-state index contributed by atoms with van der Waals surface area (Å²) >= 11 is 0. The van der Waals surface area contributed by atoms with Gasteiger partial charge in [-0.2, -0.15) is 0 Å². The minimum Gasteiger partial charge on any atom is -0.382 e. The van der Waals surface area contributed by atoms with E-state index in [1.807, 2.05) is 18.2 Å². The van der Waals surface area contributed by atoms with Gasteiger partial charge in [0.2, 0.25) is 5.91 Å². The van der Waals surface area contributed by atoms with E-state index in [0.717, 1.165) is 30.6 Å². The van der Waals surface area contributed by atoms with Crippen LogP contribution in [-0.2, 0) is 4.79 Å². The summed E-state index contributed by atoms with van der Waals surface area (Å²) in [5.41, 5.74) is 3.38. The maximum atomic E-state index is 13.4. The van der Waals surface area contributed by atoms with E-state index in [-0.39, 0.29) is 11.9 Å². The highest BCUT2D eigenvalue weighted by Gasteiger charge is 2.32. The van der Waals surface area contributed by atoms with Crippen LogP contribution < -0.4 is 10.2 Å². The van der Waals surface area contributed by atoms with E-state index in [4.69, 9.17) is 0 Å². The molecule has 0 bridgehead atoms. The van der Waals surface area contributed by atoms with Crippen molar-refractivity contribution in [1.82, 2.24) is 0 Å². The first-order valence-electron chi connectivity index (χ1n) is 10.9. The number of carbonyl (C=O) groups is 1. The maximum Gasteiger partial charge on any atom is 0.227 e. The zero-order valence-corrected chi connectivity index (χ0v) is 17.4. The number of unbranched alkanes of at least 4 members (excludes halogenated alkanes) is 5. The van der Waals surface area contributed by atoms with E-state index >= 15 is 0 Å². The SMILES string of the molecule is CCCCCCCCC(=O)N(c1ccccc1)[C@@H]1C[C@@H](C)Nc2ccccc21. The number of nitrogens with one attached hydrogen (secondary N) is 1. The highest BCUT2D eigenvalue weighted by atomic mass is 16.2. The second kappa shape index (κ2) is 10.3. The predicted molar refractivity (Wildman–Crippen MR) is 119 cm³/mol. The number of rotatable bonds is 9. The van der Waals surface area contributed by atoms with Gasteiger partial charge in [-0.15, -0.1) is 0 Å². The van der Waals surface area contributed by atoms with Gasteiger partial charge in [-0.3, -0.25) is 4.79 Å². The molecule has 2 atom stereocenters. The van der Waals surface area contributed by atoms with Gasteiger partial charge in [0.05, 0.1) is 6.04 Å². The van der Waals surface area contributed by atoms with Crippen LogP contribution in [0.1, 0.15) is 76.8 Å². The van der Waals surface area contributed by atoms with E-state index in [0.29, 0.717) is 12.5 Å². The first-order chi connectivity index (χ1) is 13.7. The first kappa shape index (κ1) is 20.4. The summed E-state index contributed by atoms with van der Waals surface area (Å²) in [6.45, 7) is 4.43. The smallest absolute Gasteiger partial charge is 0.227 e. The molecule has 0 fully saturated rings. The van der Waals surface area contributed by atoms with Crippen molar-refractivity contribution in [2.75, 3.05) is 10.2 Å². The normalized spacial score (nSPS) is 18.2. The molecular weight excluding hydrogens is 344 g/mol. The molecule has 2 aromatic rings. The summed E-state index contributed by atoms with van der Waals surface area (Å²) in [6, 6.07) is 19.0. The van der Waals surface area contributed by atoms with Crippen molar-refractivity contribution in [3.8, 4) is 0 Å². The third-order valence-corrected chi connectivity index (χ3v) is 5.66. The molecule has 1 aliphatic rings. The summed E-state index contributed by atoms with van der Waals surface area (Å²) < 4.78 is 0. The Morgan fingerprint density at radius 1 is 0.964 bits per heavy atom. The fourth-order valence-electron chi connectivity index (χ4n) is 4.21. The van der Waals surface area contributed by atoms with Gasteiger partial charge in [-0.05, 0) is 43.5 Å². The van der Waals surface area contributed by atoms with Crippen LogP contribution >= 0.6 is 0 Å². The topological polar surface area (TPSA) is 32.3 Å². The molecule has 2 aromatic carbocycles. The molecule has 0 saturated carbocycles. The summed E-state index contributed by atoms with van der Waals surface area (Å²) in [4.78, 5) is 15.4. The molecule has 0 unspecified atom stereocenters. The molecule has 0 saturated heterocycles. The Morgan fingerprint density at radius 3 is 2.43 bits per heavy atom. The lowest BCUT2D eigenvalue weighted by Gasteiger charge is -2.39. The second-order valence-corrected chi connectivity index (χ2v) is 8.00. The Balaban J connectivity index is 1.78. The highest BCUT2D eigenvalue weighted by Crippen LogP contribution is 2.39. The molecular formula is C25H34N2O. The maximum absolute atomic E-state index is 13.4. The molecule has 1 N–H and O–H groups in total. The van der Waals surface area contributed by atoms with Crippen LogP contribution in [0.3, 0.4) is 0 Å². The largest absolute Gasteiger partial charge is 0.382 e. The monoisotopic (exact) mass is 378 g/mol. The van der Waals surface area contributed by atoms with E-state index < -0.39 is 0 Å². The van der Waals surface area contributed by atoms with Gasteiger partial charge in [0.1, 0.15) is 0 Å². The summed E-state index contributed by atoms with van der Waals surface area (Å²) in [6.07, 6.45) is 8.76. The molecule has 1 aliphatic heterocycles. The van der Waals surface area contributed by atoms with Crippen molar-refractivity contribution in [3.63, 3.8) is 0 Å². The molecule has 3 rings (SSSR count). The van der Waals surface area contributed by atoms with Gasteiger partial charge in [0.15, 0.2) is 0 Å². The van der Waals surface area contributed by atoms with E-state index in [1.54, 1.807) is 0 Å². The number of hydrogen-bond acceptors (Lipinski definition) is 2. The second-order valence-electron chi connectivity index (χ2n) is 8.00. The zero-order chi connectivity index (χ0) is 19.8. The molecule has 150 valence electrons. The Hall–Kier alpha value is -2.29. The minimum atomic E-state index is 0.0856. The first-order valence-corrected chi connectivity index (χ1v) is 10.9. The molecule has 3 heteroatoms. The Labute approximate surface area is 170 Å². The van der Waals surface area contributed by atoms with Gasteiger partial charge in [0.25, 0.3) is 0 Å². The number of fused-ring (bicyclic) bond motifs is 1. The number of para-hydroxylation sites is 2. The molecule has 28 heavy (non-hydrogen) atoms. The van der Waals surface area contributed by atoms with Gasteiger partial charge in [-0.1, -0.05) is 75.4 Å². The lowest BCUT2D eigenvalue weighted by atomic mass is 9.91. The molecule has 3 nitrogen and oxygen atoms in total. The lowest BCUT2D eigenvalue weighted by Crippen LogP contribution is -2.40. The predicted octanol–water partition coefficient (Wildman–Crippen LogP) is 6.72. The third kappa shape index (κ3) is 5.15. The number of benzene rings is 2. The lowest BCUT2D eigenvalue weighted by molar-refractivity contribution is -0.119. The number of carbonyl (C=O) groups excluding carboxylic acids is 1. The van der Waals surface area contributed by atoms with Crippen molar-refractivity contribution in [2.24, 2.45) is 0 Å². The van der Waals surface area contributed by atoms with E-state index in [1.165, 1.54) is 31.2 Å². The van der Waals surface area contributed by atoms with Gasteiger partial charge in [0, 0.05) is 23.8 Å². The number of nitrogens with zero attached hydrogens (tertiary/aromatic N) is 1. The number of anilines is 2. The standard InChI is InChI=1S/C25H34N2O/c1-3-4-5-6-7-11-18-25(28)27(21-14-9-8-10-15-21)24-19-20(2)26-23-17-13-12-16-22(23)24/h8-10,12-17,20,24,26H,3-7,11,18-19H2,1-2H3/t20-,24-/m1/s1. The van der Waals surface area contributed by atoms with Crippen LogP contribution in [0.4, 0.5) is 11.4 Å². The van der Waals surface area contributed by atoms with Crippen molar-refractivity contribution in [3.05, 3.63) is 60.2 Å². The average Bonchev–Trinajstić information content (AvgIpc) is 2.71. The van der Waals surface area contributed by atoms with E-state index in [2.05, 4.69) is 60.5 Å². The minimum absolute atomic E-state index is 0.0856. The van der Waals surface area contributed by atoms with Crippen LogP contribution in [0.25, 0.3) is 0 Å². The zero-order valence-electron chi connectivity index (χ0n) is 17.4. The summed E-state index contributed by atoms with van der Waals surface area (Å²) in [5, 5.41) is 3.57. The summed E-state index contributed by atoms with van der Waals surface area (Å²) in [5.74, 6) is 0.246. The van der Waals surface area contributed by atoms with Crippen LogP contribution in [0, 0.1) is 0 Å². The summed E-state index contributed by atoms with van der Waals surface area (Å²) in [7, 11) is 0. The van der Waals surface area contributed by atoms with Crippen molar-refractivity contribution in [1.29, 1.82) is 0 Å². The Kier molecular flexibility index (Phi) is 7.53. The third-order valence-electron chi connectivity index (χ3n) is 5.66. The fourth-order valence-corrected chi connectivity index (χ4v) is 4.21. The van der Waals surface area contributed by atoms with E-state index in [9.17, 15) is 4.79 Å². The molecule has 1 heterocycles. The average molecular weight is 379 g/mol. The van der Waals surface area contributed by atoms with Crippen molar-refractivity contribution >= 4 is 17.3 Å². The van der Waals surface area contributed by atoms with Gasteiger partial charge >= 0.3 is 0 Å². The van der Waals surface area contributed by atoms with Crippen molar-refractivity contribution in [2.45, 2.75) is 77.3 Å². The quantitative estimate of drug-likeness (QED) is 0.491. The number of amides is 1. The van der Waals surface area contributed by atoms with Gasteiger partial charge < -0.3 is 10.2 Å². The highest BCUT2D eigenvalue weighted by molar-refractivity contribution is 5.94. The molecule has 1 amide bonds. The van der Waals surface area contributed by atoms with Crippen molar-refractivity contribution < 1.29 is 4.79 Å². The van der Waals surface area contributed by atoms with Crippen LogP contribution in [0.15, 0.2) is 54.6 Å². The van der Waals surface area contributed by atoms with Crippen LogP contribution in [-0.4, -0.2) is 11.9 Å². The van der Waals surface area contributed by atoms with Gasteiger partial charge in [-0.25, -0.2) is 0 Å². The fraction of sp³-hybridized carbons (Fsp3) is 0.480. The molecule has 0 spiro atoms. The van der Waals surface area contributed by atoms with Crippen LogP contribution in [0.2, 0.25) is 0 Å². The Bertz CT molecular complexity index is 743. The molecule has 0 aliphatic carbocycles. The molecule has 0 radical (unpaired) electrons. The number of hydrogen-bond donors (Lipinski definition) is 1. The Morgan fingerprint density at radius 2 is 1.64 bits per heavy atom. The van der Waals surface area contributed by atoms with Crippen LogP contribution in [0.5, 0.6) is 0 Å².